The third kappa shape index (κ3) is 3.29. The Morgan fingerprint density at radius 2 is 1.46 bits per heavy atom. The van der Waals surface area contributed by atoms with Crippen LogP contribution in [0.3, 0.4) is 0 Å². The van der Waals surface area contributed by atoms with E-state index in [4.69, 9.17) is 0 Å². The summed E-state index contributed by atoms with van der Waals surface area (Å²) in [5.41, 5.74) is 1.99. The maximum absolute atomic E-state index is 12.1. The maximum atomic E-state index is 12.1. The second kappa shape index (κ2) is 6.67. The van der Waals surface area contributed by atoms with Crippen LogP contribution >= 0.6 is 22.7 Å². The number of hydrogen-bond acceptors (Lipinski definition) is 5. The Kier molecular flexibility index (Phi) is 4.23. The number of aromatic nitrogens is 2. The highest BCUT2D eigenvalue weighted by atomic mass is 32.1. The van der Waals surface area contributed by atoms with Crippen molar-refractivity contribution in [3.05, 3.63) is 58.5 Å². The topological polar surface area (TPSA) is 54.9 Å². The molecule has 24 heavy (non-hydrogen) atoms. The van der Waals surface area contributed by atoms with Gasteiger partial charge in [-0.3, -0.25) is 4.79 Å². The minimum absolute atomic E-state index is 0.0357. The average Bonchev–Trinajstić information content (AvgIpc) is 3.21. The summed E-state index contributed by atoms with van der Waals surface area (Å²) in [7, 11) is 0. The van der Waals surface area contributed by atoms with Crippen LogP contribution in [0.15, 0.2) is 48.5 Å². The Hall–Kier alpha value is -2.31. The van der Waals surface area contributed by atoms with Crippen molar-refractivity contribution >= 4 is 49.0 Å². The molecule has 2 aromatic heterocycles. The molecule has 4 aromatic rings. The molecule has 0 aliphatic heterocycles. The molecule has 4 nitrogen and oxygen atoms in total. The molecule has 0 atom stereocenters. The summed E-state index contributed by atoms with van der Waals surface area (Å²) in [5, 5.41) is 4.89. The molecule has 0 aliphatic rings. The van der Waals surface area contributed by atoms with Gasteiger partial charge in [0.1, 0.15) is 5.01 Å². The van der Waals surface area contributed by atoms with Gasteiger partial charge in [-0.05, 0) is 24.3 Å². The largest absolute Gasteiger partial charge is 0.350 e. The summed E-state index contributed by atoms with van der Waals surface area (Å²) in [5.74, 6) is 0.0357. The van der Waals surface area contributed by atoms with Gasteiger partial charge in [0, 0.05) is 12.8 Å². The van der Waals surface area contributed by atoms with Crippen LogP contribution in [0.1, 0.15) is 16.4 Å². The van der Waals surface area contributed by atoms with Gasteiger partial charge in [-0.1, -0.05) is 24.3 Å². The number of carbonyl (C=O) groups is 1. The van der Waals surface area contributed by atoms with Gasteiger partial charge in [-0.25, -0.2) is 9.97 Å². The van der Waals surface area contributed by atoms with Crippen molar-refractivity contribution in [2.24, 2.45) is 0 Å². The third-order valence-corrected chi connectivity index (χ3v) is 5.81. The van der Waals surface area contributed by atoms with Gasteiger partial charge < -0.3 is 5.32 Å². The van der Waals surface area contributed by atoms with Gasteiger partial charge in [0.25, 0.3) is 0 Å². The fourth-order valence-electron chi connectivity index (χ4n) is 2.51. The molecule has 1 N–H and O–H groups in total. The Morgan fingerprint density at radius 3 is 2.12 bits per heavy atom. The van der Waals surface area contributed by atoms with E-state index in [2.05, 4.69) is 21.4 Å². The number of aryl methyl sites for hydroxylation is 1. The number of para-hydroxylation sites is 2. The molecule has 0 saturated heterocycles. The first kappa shape index (κ1) is 15.2. The molecular weight excluding hydrogens is 338 g/mol. The number of carbonyl (C=O) groups excluding carboxylic acids is 1. The standard InChI is InChI=1S/C18H15N3OS2/c22-16(9-10-17-20-12-5-1-3-7-14(12)23-17)19-11-18-21-13-6-2-4-8-15(13)24-18/h1-8H,9-11H2,(H,19,22). The number of nitrogens with zero attached hydrogens (tertiary/aromatic N) is 2. The first-order valence-electron chi connectivity index (χ1n) is 7.73. The monoisotopic (exact) mass is 353 g/mol. The molecule has 0 spiro atoms. The normalized spacial score (nSPS) is 11.2. The van der Waals surface area contributed by atoms with Gasteiger partial charge in [0.05, 0.1) is 32.0 Å². The van der Waals surface area contributed by atoms with Gasteiger partial charge >= 0.3 is 0 Å². The van der Waals surface area contributed by atoms with E-state index in [1.165, 1.54) is 4.70 Å². The molecule has 2 heterocycles. The molecule has 0 bridgehead atoms. The van der Waals surface area contributed by atoms with Crippen LogP contribution in [0.5, 0.6) is 0 Å². The van der Waals surface area contributed by atoms with Crippen molar-refractivity contribution in [1.82, 2.24) is 15.3 Å². The molecular formula is C18H15N3OS2. The van der Waals surface area contributed by atoms with Crippen molar-refractivity contribution in [3.8, 4) is 0 Å². The van der Waals surface area contributed by atoms with E-state index in [9.17, 15) is 4.79 Å². The predicted molar refractivity (Wildman–Crippen MR) is 99.4 cm³/mol. The highest BCUT2D eigenvalue weighted by molar-refractivity contribution is 7.18. The zero-order chi connectivity index (χ0) is 16.4. The van der Waals surface area contributed by atoms with E-state index < -0.39 is 0 Å². The highest BCUT2D eigenvalue weighted by Gasteiger charge is 2.08. The van der Waals surface area contributed by atoms with Gasteiger partial charge in [0.15, 0.2) is 0 Å². The summed E-state index contributed by atoms with van der Waals surface area (Å²) >= 11 is 3.28. The fourth-order valence-corrected chi connectivity index (χ4v) is 4.38. The van der Waals surface area contributed by atoms with Crippen molar-refractivity contribution in [3.63, 3.8) is 0 Å². The lowest BCUT2D eigenvalue weighted by molar-refractivity contribution is -0.121. The van der Waals surface area contributed by atoms with Crippen molar-refractivity contribution in [1.29, 1.82) is 0 Å². The van der Waals surface area contributed by atoms with Crippen LogP contribution in [0.25, 0.3) is 20.4 Å². The fraction of sp³-hybridized carbons (Fsp3) is 0.167. The Bertz CT molecular complexity index is 860. The summed E-state index contributed by atoms with van der Waals surface area (Å²) in [6.45, 7) is 0.484. The van der Waals surface area contributed by atoms with E-state index in [-0.39, 0.29) is 5.91 Å². The Labute approximate surface area is 147 Å². The lowest BCUT2D eigenvalue weighted by Gasteiger charge is -2.01. The predicted octanol–water partition coefficient (Wildman–Crippen LogP) is 4.16. The van der Waals surface area contributed by atoms with Crippen LogP contribution in [-0.2, 0) is 17.8 Å². The minimum atomic E-state index is 0.0357. The number of rotatable bonds is 5. The van der Waals surface area contributed by atoms with E-state index >= 15 is 0 Å². The third-order valence-electron chi connectivity index (χ3n) is 3.68. The molecule has 0 radical (unpaired) electrons. The SMILES string of the molecule is O=C(CCc1nc2ccccc2s1)NCc1nc2ccccc2s1. The molecule has 6 heteroatoms. The van der Waals surface area contributed by atoms with Crippen molar-refractivity contribution < 1.29 is 4.79 Å². The quantitative estimate of drug-likeness (QED) is 0.586. The van der Waals surface area contributed by atoms with E-state index in [0.29, 0.717) is 19.4 Å². The molecule has 120 valence electrons. The summed E-state index contributed by atoms with van der Waals surface area (Å²) in [6.07, 6.45) is 1.12. The smallest absolute Gasteiger partial charge is 0.220 e. The summed E-state index contributed by atoms with van der Waals surface area (Å²) in [4.78, 5) is 21.1. The molecule has 4 rings (SSSR count). The molecule has 0 saturated carbocycles. The first-order chi connectivity index (χ1) is 11.8. The minimum Gasteiger partial charge on any atom is -0.350 e. The van der Waals surface area contributed by atoms with Crippen LogP contribution in [0.2, 0.25) is 0 Å². The van der Waals surface area contributed by atoms with Gasteiger partial charge in [-0.15, -0.1) is 22.7 Å². The molecule has 1 amide bonds. The van der Waals surface area contributed by atoms with Crippen LogP contribution < -0.4 is 5.32 Å². The van der Waals surface area contributed by atoms with Gasteiger partial charge in [0.2, 0.25) is 5.91 Å². The summed E-state index contributed by atoms with van der Waals surface area (Å²) < 4.78 is 2.32. The maximum Gasteiger partial charge on any atom is 0.220 e. The molecule has 2 aromatic carbocycles. The number of benzene rings is 2. The molecule has 0 aliphatic carbocycles. The van der Waals surface area contributed by atoms with E-state index in [1.54, 1.807) is 22.7 Å². The number of amides is 1. The lowest BCUT2D eigenvalue weighted by Crippen LogP contribution is -2.22. The summed E-state index contributed by atoms with van der Waals surface area (Å²) in [6, 6.07) is 16.1. The van der Waals surface area contributed by atoms with E-state index in [1.807, 2.05) is 42.5 Å². The van der Waals surface area contributed by atoms with Crippen LogP contribution in [0.4, 0.5) is 0 Å². The molecule has 0 unspecified atom stereocenters. The first-order valence-corrected chi connectivity index (χ1v) is 9.37. The van der Waals surface area contributed by atoms with E-state index in [0.717, 1.165) is 25.7 Å². The lowest BCUT2D eigenvalue weighted by atomic mass is 10.3. The van der Waals surface area contributed by atoms with Crippen molar-refractivity contribution in [2.75, 3.05) is 0 Å². The Morgan fingerprint density at radius 1 is 0.875 bits per heavy atom. The number of fused-ring (bicyclic) bond motifs is 2. The van der Waals surface area contributed by atoms with Crippen molar-refractivity contribution in [2.45, 2.75) is 19.4 Å². The highest BCUT2D eigenvalue weighted by Crippen LogP contribution is 2.23. The second-order valence-electron chi connectivity index (χ2n) is 5.43. The number of thiazole rings is 2. The van der Waals surface area contributed by atoms with Crippen LogP contribution in [0, 0.1) is 0 Å². The molecule has 0 fully saturated rings. The van der Waals surface area contributed by atoms with Gasteiger partial charge in [-0.2, -0.15) is 0 Å². The second-order valence-corrected chi connectivity index (χ2v) is 7.66. The zero-order valence-corrected chi connectivity index (χ0v) is 14.5. The zero-order valence-electron chi connectivity index (χ0n) is 12.9. The number of nitrogens with one attached hydrogen (secondary N) is 1. The Balaban J connectivity index is 1.33. The number of hydrogen-bond donors (Lipinski definition) is 1. The van der Waals surface area contributed by atoms with Crippen LogP contribution in [-0.4, -0.2) is 15.9 Å². The average molecular weight is 353 g/mol.